The first kappa shape index (κ1) is 70.0. The first-order valence-electron chi connectivity index (χ1n) is 30.4. The molecule has 1 N–H and O–H groups in total. The fourth-order valence-corrected chi connectivity index (χ4v) is 9.35. The Morgan fingerprint density at radius 1 is 0.431 bits per heavy atom. The Morgan fingerprint density at radius 3 is 1.12 bits per heavy atom. The van der Waals surface area contributed by atoms with Gasteiger partial charge in [-0.3, -0.25) is 18.6 Å². The summed E-state index contributed by atoms with van der Waals surface area (Å²) in [4.78, 5) is 35.7. The monoisotopic (exact) mass is 1030 g/mol. The van der Waals surface area contributed by atoms with Crippen molar-refractivity contribution < 1.29 is 42.1 Å². The summed E-state index contributed by atoms with van der Waals surface area (Å²) in [5.41, 5.74) is 0. The number of phosphoric acid groups is 1. The SMILES string of the molecule is CCCCCCC/C=C\C/C=C\C/C=C\CCCCCCCCC(=O)OC(COC(=O)CCCCCCCCCCCCCCCCC/C=C\CCCCCCCCCC)COP(=O)(O)OCC[N+](C)(C)C. The number of carbonyl (C=O) groups excluding carboxylic acids is 2. The molecule has 0 bridgehead atoms. The van der Waals surface area contributed by atoms with Gasteiger partial charge in [0, 0.05) is 12.8 Å². The minimum absolute atomic E-state index is 0.0288. The van der Waals surface area contributed by atoms with Crippen LogP contribution >= 0.6 is 7.82 Å². The number of hydrogen-bond donors (Lipinski definition) is 1. The van der Waals surface area contributed by atoms with Crippen LogP contribution in [-0.4, -0.2) is 74.9 Å². The molecule has 9 nitrogen and oxygen atoms in total. The number of quaternary nitrogens is 1. The van der Waals surface area contributed by atoms with E-state index in [0.717, 1.165) is 70.6 Å². The second-order valence-electron chi connectivity index (χ2n) is 21.7. The van der Waals surface area contributed by atoms with Crippen LogP contribution < -0.4 is 0 Å². The van der Waals surface area contributed by atoms with Crippen molar-refractivity contribution in [2.45, 2.75) is 290 Å². The van der Waals surface area contributed by atoms with Crippen molar-refractivity contribution in [1.29, 1.82) is 0 Å². The van der Waals surface area contributed by atoms with Crippen molar-refractivity contribution in [1.82, 2.24) is 0 Å². The van der Waals surface area contributed by atoms with Crippen LogP contribution in [0.2, 0.25) is 0 Å². The molecule has 0 aromatic rings. The van der Waals surface area contributed by atoms with Crippen molar-refractivity contribution in [3.05, 3.63) is 48.6 Å². The molecule has 0 amide bonds. The number of hydrogen-bond acceptors (Lipinski definition) is 7. The molecule has 0 saturated heterocycles. The number of rotatable bonds is 56. The third-order valence-corrected chi connectivity index (χ3v) is 14.3. The summed E-state index contributed by atoms with van der Waals surface area (Å²) in [7, 11) is 1.47. The highest BCUT2D eigenvalue weighted by molar-refractivity contribution is 7.47. The van der Waals surface area contributed by atoms with Crippen molar-refractivity contribution >= 4 is 19.8 Å². The Kier molecular flexibility index (Phi) is 52.3. The van der Waals surface area contributed by atoms with Crippen LogP contribution in [0.3, 0.4) is 0 Å². The van der Waals surface area contributed by atoms with Crippen LogP contribution in [0.4, 0.5) is 0 Å². The summed E-state index contributed by atoms with van der Waals surface area (Å²) < 4.78 is 34.6. The third-order valence-electron chi connectivity index (χ3n) is 13.3. The Hall–Kier alpha value is -2.03. The predicted molar refractivity (Wildman–Crippen MR) is 307 cm³/mol. The highest BCUT2D eigenvalue weighted by Crippen LogP contribution is 2.43. The molecular formula is C62H117NO8P+. The summed E-state index contributed by atoms with van der Waals surface area (Å²) in [5.74, 6) is -0.802. The van der Waals surface area contributed by atoms with Gasteiger partial charge in [-0.15, -0.1) is 0 Å². The van der Waals surface area contributed by atoms with Gasteiger partial charge >= 0.3 is 19.8 Å². The summed E-state index contributed by atoms with van der Waals surface area (Å²) >= 11 is 0. The molecule has 0 fully saturated rings. The molecule has 0 aliphatic rings. The Labute approximate surface area is 445 Å². The lowest BCUT2D eigenvalue weighted by Crippen LogP contribution is -2.37. The van der Waals surface area contributed by atoms with E-state index in [4.69, 9.17) is 18.5 Å². The van der Waals surface area contributed by atoms with Gasteiger partial charge in [0.05, 0.1) is 27.7 Å². The quantitative estimate of drug-likeness (QED) is 0.0211. The minimum atomic E-state index is -4.39. The van der Waals surface area contributed by atoms with E-state index in [9.17, 15) is 19.0 Å². The number of nitrogens with zero attached hydrogens (tertiary/aromatic N) is 1. The normalized spacial score (nSPS) is 13.6. The van der Waals surface area contributed by atoms with Crippen molar-refractivity contribution in [3.63, 3.8) is 0 Å². The molecule has 2 unspecified atom stereocenters. The van der Waals surface area contributed by atoms with E-state index in [1.54, 1.807) is 0 Å². The Morgan fingerprint density at radius 2 is 0.750 bits per heavy atom. The largest absolute Gasteiger partial charge is 0.472 e. The van der Waals surface area contributed by atoms with Crippen LogP contribution in [0, 0.1) is 0 Å². The number of unbranched alkanes of at least 4 members (excludes halogenated alkanes) is 34. The highest BCUT2D eigenvalue weighted by Gasteiger charge is 2.27. The molecule has 422 valence electrons. The molecule has 2 atom stereocenters. The molecule has 10 heteroatoms. The van der Waals surface area contributed by atoms with E-state index in [1.807, 2.05) is 21.1 Å². The first-order chi connectivity index (χ1) is 35.0. The van der Waals surface area contributed by atoms with Crippen LogP contribution in [0.25, 0.3) is 0 Å². The molecule has 0 aromatic carbocycles. The number of carbonyl (C=O) groups is 2. The lowest BCUT2D eigenvalue weighted by atomic mass is 10.0. The second-order valence-corrected chi connectivity index (χ2v) is 23.2. The molecule has 0 spiro atoms. The maximum atomic E-state index is 12.8. The van der Waals surface area contributed by atoms with Crippen LogP contribution in [-0.2, 0) is 32.7 Å². The average molecular weight is 1040 g/mol. The molecule has 72 heavy (non-hydrogen) atoms. The highest BCUT2D eigenvalue weighted by atomic mass is 31.2. The third kappa shape index (κ3) is 57.3. The van der Waals surface area contributed by atoms with Crippen molar-refractivity contribution in [2.75, 3.05) is 47.5 Å². The molecule has 0 aliphatic carbocycles. The predicted octanol–water partition coefficient (Wildman–Crippen LogP) is 18.9. The van der Waals surface area contributed by atoms with E-state index in [2.05, 4.69) is 62.5 Å². The number of esters is 2. The van der Waals surface area contributed by atoms with E-state index in [-0.39, 0.29) is 32.0 Å². The number of allylic oxidation sites excluding steroid dienone is 8. The number of likely N-dealkylation sites (N-methyl/N-ethyl adjacent to an activating group) is 1. The number of ether oxygens (including phenoxy) is 2. The summed E-state index contributed by atoms with van der Waals surface area (Å²) in [5, 5.41) is 0. The minimum Gasteiger partial charge on any atom is -0.462 e. The summed E-state index contributed by atoms with van der Waals surface area (Å²) in [6, 6.07) is 0. The van der Waals surface area contributed by atoms with Gasteiger partial charge in [0.1, 0.15) is 19.8 Å². The van der Waals surface area contributed by atoms with Crippen LogP contribution in [0.15, 0.2) is 48.6 Å². The van der Waals surface area contributed by atoms with Gasteiger partial charge in [-0.25, -0.2) is 4.57 Å². The van der Waals surface area contributed by atoms with E-state index < -0.39 is 26.5 Å². The zero-order valence-electron chi connectivity index (χ0n) is 47.9. The summed E-state index contributed by atoms with van der Waals surface area (Å²) in [6.45, 7) is 4.44. The zero-order valence-corrected chi connectivity index (χ0v) is 48.8. The van der Waals surface area contributed by atoms with Gasteiger partial charge < -0.3 is 18.9 Å². The lowest BCUT2D eigenvalue weighted by Gasteiger charge is -2.24. The maximum Gasteiger partial charge on any atom is 0.472 e. The van der Waals surface area contributed by atoms with Gasteiger partial charge in [0.25, 0.3) is 0 Å². The van der Waals surface area contributed by atoms with Crippen LogP contribution in [0.1, 0.15) is 284 Å². The van der Waals surface area contributed by atoms with Crippen LogP contribution in [0.5, 0.6) is 0 Å². The molecular weight excluding hydrogens is 918 g/mol. The Bertz CT molecular complexity index is 1360. The fraction of sp³-hybridized carbons (Fsp3) is 0.839. The van der Waals surface area contributed by atoms with Crippen molar-refractivity contribution in [2.24, 2.45) is 0 Å². The van der Waals surface area contributed by atoms with Crippen molar-refractivity contribution in [3.8, 4) is 0 Å². The fourth-order valence-electron chi connectivity index (χ4n) is 8.61. The molecule has 0 saturated carbocycles. The first-order valence-corrected chi connectivity index (χ1v) is 31.9. The molecule has 0 aromatic heterocycles. The molecule has 0 aliphatic heterocycles. The molecule has 0 rings (SSSR count). The lowest BCUT2D eigenvalue weighted by molar-refractivity contribution is -0.870. The van der Waals surface area contributed by atoms with Gasteiger partial charge in [-0.2, -0.15) is 0 Å². The molecule has 0 radical (unpaired) electrons. The van der Waals surface area contributed by atoms with Gasteiger partial charge in [0.15, 0.2) is 6.10 Å². The average Bonchev–Trinajstić information content (AvgIpc) is 3.34. The van der Waals surface area contributed by atoms with Gasteiger partial charge in [0.2, 0.25) is 0 Å². The van der Waals surface area contributed by atoms with Gasteiger partial charge in [-0.1, -0.05) is 242 Å². The maximum absolute atomic E-state index is 12.8. The topological polar surface area (TPSA) is 108 Å². The Balaban J connectivity index is 4.13. The smallest absolute Gasteiger partial charge is 0.462 e. The summed E-state index contributed by atoms with van der Waals surface area (Å²) in [6.07, 6.45) is 67.6. The number of phosphoric ester groups is 1. The van der Waals surface area contributed by atoms with E-state index in [1.165, 1.54) is 180 Å². The van der Waals surface area contributed by atoms with E-state index >= 15 is 0 Å². The standard InChI is InChI=1S/C62H116NO8P/c1-6-8-10-12-14-16-18-20-22-24-26-28-29-30-31-32-33-35-36-38-40-42-44-46-48-50-52-54-61(64)68-58-60(59-70-72(66,67)69-57-56-63(3,4)5)71-62(65)55-53-51-49-47-45-43-41-39-37-34-27-25-23-21-19-17-15-13-11-9-7-2/h19,21,24-27,37,39,60H,6-18,20,22-23,28-36,38,40-59H2,1-5H3/p+1/b21-19-,26-24-,27-25-,39-37-. The van der Waals surface area contributed by atoms with Gasteiger partial charge in [-0.05, 0) is 77.0 Å². The zero-order chi connectivity index (χ0) is 52.7. The second kappa shape index (κ2) is 53.8. The molecule has 0 heterocycles. The van der Waals surface area contributed by atoms with E-state index in [0.29, 0.717) is 17.4 Å².